The molecule has 1 aromatic carbocycles. The molecule has 3 N–H and O–H groups in total. The summed E-state index contributed by atoms with van der Waals surface area (Å²) in [6, 6.07) is 6.80. The first-order chi connectivity index (χ1) is 8.02. The van der Waals surface area contributed by atoms with E-state index in [0.717, 1.165) is 12.2 Å². The standard InChI is InChI=1S/C13H20N2O2/c1-4-9(2)17-12-7-5-6-11(8-12)15-13(16)10(3)14/h5-10H,4,14H2,1-3H3,(H,15,16)/t9?,10-/m1/s1. The molecule has 0 aliphatic rings. The third-order valence-electron chi connectivity index (χ3n) is 2.43. The number of carbonyl (C=O) groups is 1. The van der Waals surface area contributed by atoms with Crippen molar-refractivity contribution in [3.05, 3.63) is 24.3 Å². The van der Waals surface area contributed by atoms with Crippen molar-refractivity contribution >= 4 is 11.6 Å². The van der Waals surface area contributed by atoms with Crippen LogP contribution in [0.5, 0.6) is 5.75 Å². The van der Waals surface area contributed by atoms with E-state index in [4.69, 9.17) is 10.5 Å². The minimum Gasteiger partial charge on any atom is -0.491 e. The quantitative estimate of drug-likeness (QED) is 0.823. The number of benzene rings is 1. The fourth-order valence-electron chi connectivity index (χ4n) is 1.22. The van der Waals surface area contributed by atoms with Crippen molar-refractivity contribution in [3.63, 3.8) is 0 Å². The molecule has 0 spiro atoms. The number of carbonyl (C=O) groups excluding carboxylic acids is 1. The van der Waals surface area contributed by atoms with E-state index in [2.05, 4.69) is 12.2 Å². The van der Waals surface area contributed by atoms with Crippen molar-refractivity contribution in [2.24, 2.45) is 5.73 Å². The zero-order chi connectivity index (χ0) is 12.8. The Kier molecular flexibility index (Phi) is 4.97. The van der Waals surface area contributed by atoms with Crippen LogP contribution in [0.3, 0.4) is 0 Å². The first kappa shape index (κ1) is 13.5. The molecule has 0 aromatic heterocycles. The minimum atomic E-state index is -0.519. The Morgan fingerprint density at radius 1 is 1.47 bits per heavy atom. The molecule has 0 heterocycles. The minimum absolute atomic E-state index is 0.161. The van der Waals surface area contributed by atoms with Crippen LogP contribution in [-0.2, 0) is 4.79 Å². The van der Waals surface area contributed by atoms with Crippen LogP contribution in [0.25, 0.3) is 0 Å². The highest BCUT2D eigenvalue weighted by atomic mass is 16.5. The Bertz CT molecular complexity index is 377. The van der Waals surface area contributed by atoms with Crippen LogP contribution >= 0.6 is 0 Å². The Morgan fingerprint density at radius 3 is 2.76 bits per heavy atom. The first-order valence-corrected chi connectivity index (χ1v) is 5.86. The number of nitrogens with one attached hydrogen (secondary N) is 1. The monoisotopic (exact) mass is 236 g/mol. The lowest BCUT2D eigenvalue weighted by atomic mass is 10.2. The summed E-state index contributed by atoms with van der Waals surface area (Å²) in [5, 5.41) is 2.73. The number of nitrogens with two attached hydrogens (primary N) is 1. The predicted octanol–water partition coefficient (Wildman–Crippen LogP) is 2.15. The molecule has 17 heavy (non-hydrogen) atoms. The fraction of sp³-hybridized carbons (Fsp3) is 0.462. The molecule has 0 radical (unpaired) electrons. The molecule has 0 aliphatic carbocycles. The van der Waals surface area contributed by atoms with Crippen LogP contribution in [0, 0.1) is 0 Å². The van der Waals surface area contributed by atoms with E-state index in [1.54, 1.807) is 13.0 Å². The number of amides is 1. The summed E-state index contributed by atoms with van der Waals surface area (Å²) in [5.41, 5.74) is 6.18. The Hall–Kier alpha value is -1.55. The number of ether oxygens (including phenoxy) is 1. The van der Waals surface area contributed by atoms with Crippen molar-refractivity contribution in [3.8, 4) is 5.75 Å². The number of hydrogen-bond acceptors (Lipinski definition) is 3. The van der Waals surface area contributed by atoms with Gasteiger partial charge < -0.3 is 15.8 Å². The van der Waals surface area contributed by atoms with Gasteiger partial charge in [-0.05, 0) is 32.4 Å². The van der Waals surface area contributed by atoms with E-state index >= 15 is 0 Å². The van der Waals surface area contributed by atoms with Gasteiger partial charge in [0.2, 0.25) is 5.91 Å². The molecule has 0 aliphatic heterocycles. The van der Waals surface area contributed by atoms with Gasteiger partial charge in [-0.25, -0.2) is 0 Å². The van der Waals surface area contributed by atoms with Crippen LogP contribution in [-0.4, -0.2) is 18.1 Å². The number of rotatable bonds is 5. The predicted molar refractivity (Wildman–Crippen MR) is 69.1 cm³/mol. The molecule has 2 atom stereocenters. The maximum atomic E-state index is 11.4. The first-order valence-electron chi connectivity index (χ1n) is 5.86. The maximum absolute atomic E-state index is 11.4. The van der Waals surface area contributed by atoms with E-state index in [-0.39, 0.29) is 12.0 Å². The highest BCUT2D eigenvalue weighted by molar-refractivity contribution is 5.94. The lowest BCUT2D eigenvalue weighted by Gasteiger charge is -2.14. The average Bonchev–Trinajstić information content (AvgIpc) is 2.29. The second-order valence-electron chi connectivity index (χ2n) is 4.14. The van der Waals surface area contributed by atoms with Gasteiger partial charge in [-0.15, -0.1) is 0 Å². The molecule has 94 valence electrons. The second-order valence-corrected chi connectivity index (χ2v) is 4.14. The molecule has 1 aromatic rings. The summed E-state index contributed by atoms with van der Waals surface area (Å²) >= 11 is 0. The highest BCUT2D eigenvalue weighted by Gasteiger charge is 2.08. The summed E-state index contributed by atoms with van der Waals surface area (Å²) in [6.07, 6.45) is 1.10. The van der Waals surface area contributed by atoms with Gasteiger partial charge >= 0.3 is 0 Å². The van der Waals surface area contributed by atoms with Crippen LogP contribution in [0.4, 0.5) is 5.69 Å². The maximum Gasteiger partial charge on any atom is 0.241 e. The third kappa shape index (κ3) is 4.44. The topological polar surface area (TPSA) is 64.3 Å². The summed E-state index contributed by atoms with van der Waals surface area (Å²) in [5.74, 6) is 0.549. The van der Waals surface area contributed by atoms with Gasteiger partial charge in [0, 0.05) is 11.8 Å². The Balaban J connectivity index is 2.69. The Morgan fingerprint density at radius 2 is 2.18 bits per heavy atom. The van der Waals surface area contributed by atoms with Gasteiger partial charge in [0.05, 0.1) is 12.1 Å². The van der Waals surface area contributed by atoms with Gasteiger partial charge in [0.15, 0.2) is 0 Å². The number of hydrogen-bond donors (Lipinski definition) is 2. The normalized spacial score (nSPS) is 13.9. The van der Waals surface area contributed by atoms with E-state index in [0.29, 0.717) is 5.69 Å². The van der Waals surface area contributed by atoms with Crippen molar-refractivity contribution < 1.29 is 9.53 Å². The molecule has 4 heteroatoms. The zero-order valence-electron chi connectivity index (χ0n) is 10.6. The molecule has 4 nitrogen and oxygen atoms in total. The van der Waals surface area contributed by atoms with Crippen molar-refractivity contribution in [2.45, 2.75) is 39.3 Å². The molecular weight excluding hydrogens is 216 g/mol. The average molecular weight is 236 g/mol. The molecular formula is C13H20N2O2. The Labute approximate surface area is 102 Å². The van der Waals surface area contributed by atoms with E-state index in [1.807, 2.05) is 25.1 Å². The highest BCUT2D eigenvalue weighted by Crippen LogP contribution is 2.19. The van der Waals surface area contributed by atoms with E-state index in [1.165, 1.54) is 0 Å². The van der Waals surface area contributed by atoms with Gasteiger partial charge in [-0.2, -0.15) is 0 Å². The van der Waals surface area contributed by atoms with Crippen LogP contribution < -0.4 is 15.8 Å². The molecule has 0 saturated heterocycles. The fourth-order valence-corrected chi connectivity index (χ4v) is 1.22. The van der Waals surface area contributed by atoms with Crippen LogP contribution in [0.2, 0.25) is 0 Å². The van der Waals surface area contributed by atoms with Gasteiger partial charge in [-0.3, -0.25) is 4.79 Å². The molecule has 0 saturated carbocycles. The third-order valence-corrected chi connectivity index (χ3v) is 2.43. The van der Waals surface area contributed by atoms with Crippen molar-refractivity contribution in [1.82, 2.24) is 0 Å². The molecule has 1 unspecified atom stereocenters. The van der Waals surface area contributed by atoms with Crippen LogP contribution in [0.1, 0.15) is 27.2 Å². The van der Waals surface area contributed by atoms with Crippen molar-refractivity contribution in [2.75, 3.05) is 5.32 Å². The molecule has 0 bridgehead atoms. The largest absolute Gasteiger partial charge is 0.491 e. The summed E-state index contributed by atoms with van der Waals surface area (Å²) < 4.78 is 5.66. The lowest BCUT2D eigenvalue weighted by Crippen LogP contribution is -2.32. The lowest BCUT2D eigenvalue weighted by molar-refractivity contribution is -0.117. The van der Waals surface area contributed by atoms with Gasteiger partial charge in [0.1, 0.15) is 5.75 Å². The summed E-state index contributed by atoms with van der Waals surface area (Å²) in [7, 11) is 0. The SMILES string of the molecule is CCC(C)Oc1cccc(NC(=O)[C@@H](C)N)c1. The summed E-state index contributed by atoms with van der Waals surface area (Å²) in [4.78, 5) is 11.4. The molecule has 0 fully saturated rings. The zero-order valence-corrected chi connectivity index (χ0v) is 10.6. The van der Waals surface area contributed by atoms with E-state index in [9.17, 15) is 4.79 Å². The molecule has 1 rings (SSSR count). The smallest absolute Gasteiger partial charge is 0.241 e. The molecule has 1 amide bonds. The van der Waals surface area contributed by atoms with Crippen molar-refractivity contribution in [1.29, 1.82) is 0 Å². The van der Waals surface area contributed by atoms with E-state index < -0.39 is 6.04 Å². The van der Waals surface area contributed by atoms with Crippen LogP contribution in [0.15, 0.2) is 24.3 Å². The second kappa shape index (κ2) is 6.25. The number of anilines is 1. The summed E-state index contributed by atoms with van der Waals surface area (Å²) in [6.45, 7) is 5.72. The van der Waals surface area contributed by atoms with Gasteiger partial charge in [-0.1, -0.05) is 13.0 Å². The van der Waals surface area contributed by atoms with Gasteiger partial charge in [0.25, 0.3) is 0 Å².